The second-order valence-corrected chi connectivity index (χ2v) is 3.73. The Hall–Kier alpha value is -1.34. The minimum atomic E-state index is -0.348. The van der Waals surface area contributed by atoms with Crippen molar-refractivity contribution in [1.29, 1.82) is 5.26 Å². The zero-order valence-electron chi connectivity index (χ0n) is 9.99. The molecule has 1 unspecified atom stereocenters. The van der Waals surface area contributed by atoms with Crippen LogP contribution in [0.5, 0.6) is 0 Å². The van der Waals surface area contributed by atoms with E-state index in [0.29, 0.717) is 25.4 Å². The Kier molecular flexibility index (Phi) is 8.18. The predicted octanol–water partition coefficient (Wildman–Crippen LogP) is 2.06. The van der Waals surface area contributed by atoms with Crippen LogP contribution < -0.4 is 0 Å². The van der Waals surface area contributed by atoms with Crippen molar-refractivity contribution in [3.05, 3.63) is 12.2 Å². The molecule has 0 fully saturated rings. The molecule has 0 aliphatic carbocycles. The quantitative estimate of drug-likeness (QED) is 0.360. The van der Waals surface area contributed by atoms with Gasteiger partial charge in [-0.2, -0.15) is 5.26 Å². The average Bonchev–Trinajstić information content (AvgIpc) is 2.26. The molecule has 0 rings (SSSR count). The van der Waals surface area contributed by atoms with Crippen LogP contribution in [0.15, 0.2) is 12.2 Å². The van der Waals surface area contributed by atoms with Gasteiger partial charge in [-0.05, 0) is 26.7 Å². The van der Waals surface area contributed by atoms with Crippen LogP contribution in [0.3, 0.4) is 0 Å². The first-order valence-electron chi connectivity index (χ1n) is 5.38. The average molecular weight is 225 g/mol. The van der Waals surface area contributed by atoms with E-state index in [2.05, 4.69) is 12.6 Å². The minimum Gasteiger partial charge on any atom is -0.462 e. The summed E-state index contributed by atoms with van der Waals surface area (Å²) in [6.45, 7) is 8.36. The second kappa shape index (κ2) is 8.93. The van der Waals surface area contributed by atoms with E-state index in [1.54, 1.807) is 6.92 Å². The third kappa shape index (κ3) is 8.01. The summed E-state index contributed by atoms with van der Waals surface area (Å²) < 4.78 is 10.2. The fourth-order valence-corrected chi connectivity index (χ4v) is 0.892. The molecule has 0 heterocycles. The third-order valence-electron chi connectivity index (χ3n) is 1.85. The first kappa shape index (κ1) is 14.7. The van der Waals surface area contributed by atoms with Crippen molar-refractivity contribution in [2.45, 2.75) is 26.7 Å². The van der Waals surface area contributed by atoms with Crippen molar-refractivity contribution < 1.29 is 14.3 Å². The molecule has 0 bridgehead atoms. The Morgan fingerprint density at radius 2 is 2.06 bits per heavy atom. The van der Waals surface area contributed by atoms with Crippen molar-refractivity contribution >= 4 is 5.97 Å². The van der Waals surface area contributed by atoms with Gasteiger partial charge in [0.2, 0.25) is 0 Å². The molecular weight excluding hydrogens is 206 g/mol. The Labute approximate surface area is 96.8 Å². The molecule has 0 saturated carbocycles. The van der Waals surface area contributed by atoms with E-state index in [-0.39, 0.29) is 11.9 Å². The molecule has 0 aliphatic heterocycles. The van der Waals surface area contributed by atoms with Gasteiger partial charge in [0, 0.05) is 12.2 Å². The minimum absolute atomic E-state index is 0.0683. The Balaban J connectivity index is 3.26. The summed E-state index contributed by atoms with van der Waals surface area (Å²) in [5.41, 5.74) is 0.416. The molecule has 4 heteroatoms. The van der Waals surface area contributed by atoms with Crippen molar-refractivity contribution in [1.82, 2.24) is 0 Å². The van der Waals surface area contributed by atoms with Crippen LogP contribution in [0.25, 0.3) is 0 Å². The smallest absolute Gasteiger partial charge is 0.333 e. The maximum atomic E-state index is 11.0. The van der Waals surface area contributed by atoms with Gasteiger partial charge in [0.05, 0.1) is 25.2 Å². The van der Waals surface area contributed by atoms with Crippen molar-refractivity contribution in [3.8, 4) is 6.07 Å². The number of unbranched alkanes of at least 4 members (excludes halogenated alkanes) is 1. The van der Waals surface area contributed by atoms with Gasteiger partial charge < -0.3 is 9.47 Å². The molecule has 0 aromatic heterocycles. The van der Waals surface area contributed by atoms with Crippen molar-refractivity contribution in [2.75, 3.05) is 19.8 Å². The Morgan fingerprint density at radius 3 is 2.62 bits per heavy atom. The van der Waals surface area contributed by atoms with Gasteiger partial charge >= 0.3 is 5.97 Å². The highest BCUT2D eigenvalue weighted by Crippen LogP contribution is 1.98. The highest BCUT2D eigenvalue weighted by molar-refractivity contribution is 5.86. The van der Waals surface area contributed by atoms with E-state index >= 15 is 0 Å². The maximum Gasteiger partial charge on any atom is 0.333 e. The van der Waals surface area contributed by atoms with Gasteiger partial charge in [-0.1, -0.05) is 6.58 Å². The molecule has 16 heavy (non-hydrogen) atoms. The van der Waals surface area contributed by atoms with E-state index in [9.17, 15) is 4.79 Å². The molecule has 4 nitrogen and oxygen atoms in total. The summed E-state index contributed by atoms with van der Waals surface area (Å²) in [5, 5.41) is 8.49. The second-order valence-electron chi connectivity index (χ2n) is 3.73. The van der Waals surface area contributed by atoms with Crippen LogP contribution >= 0.6 is 0 Å². The number of carbonyl (C=O) groups excluding carboxylic acids is 1. The number of ether oxygens (including phenoxy) is 2. The molecule has 0 saturated heterocycles. The van der Waals surface area contributed by atoms with E-state index < -0.39 is 0 Å². The molecule has 90 valence electrons. The van der Waals surface area contributed by atoms with Gasteiger partial charge in [-0.3, -0.25) is 0 Å². The third-order valence-corrected chi connectivity index (χ3v) is 1.85. The van der Waals surface area contributed by atoms with Crippen molar-refractivity contribution in [3.63, 3.8) is 0 Å². The van der Waals surface area contributed by atoms with Gasteiger partial charge in [-0.15, -0.1) is 0 Å². The number of hydrogen-bond donors (Lipinski definition) is 0. The highest BCUT2D eigenvalue weighted by Gasteiger charge is 2.02. The van der Waals surface area contributed by atoms with E-state index in [1.165, 1.54) is 0 Å². The van der Waals surface area contributed by atoms with E-state index in [0.717, 1.165) is 12.8 Å². The van der Waals surface area contributed by atoms with Gasteiger partial charge in [0.1, 0.15) is 0 Å². The normalized spacial score (nSPS) is 11.6. The number of hydrogen-bond acceptors (Lipinski definition) is 4. The largest absolute Gasteiger partial charge is 0.462 e. The molecular formula is C12H19NO3. The molecule has 0 radical (unpaired) electrons. The fourth-order valence-electron chi connectivity index (χ4n) is 0.892. The molecule has 0 aromatic rings. The molecule has 0 amide bonds. The van der Waals surface area contributed by atoms with E-state index in [1.807, 2.05) is 6.92 Å². The summed E-state index contributed by atoms with van der Waals surface area (Å²) in [5.74, 6) is -0.416. The van der Waals surface area contributed by atoms with Crippen LogP contribution in [-0.2, 0) is 14.3 Å². The van der Waals surface area contributed by atoms with Crippen LogP contribution in [0, 0.1) is 17.2 Å². The lowest BCUT2D eigenvalue weighted by molar-refractivity contribution is -0.139. The van der Waals surface area contributed by atoms with Crippen molar-refractivity contribution in [2.24, 2.45) is 5.92 Å². The predicted molar refractivity (Wildman–Crippen MR) is 60.6 cm³/mol. The number of nitrogens with zero attached hydrogens (tertiary/aromatic N) is 1. The zero-order chi connectivity index (χ0) is 12.4. The first-order valence-corrected chi connectivity index (χ1v) is 5.38. The van der Waals surface area contributed by atoms with Gasteiger partial charge in [0.15, 0.2) is 0 Å². The molecule has 0 N–H and O–H groups in total. The number of nitriles is 1. The van der Waals surface area contributed by atoms with Crippen LogP contribution in [0.1, 0.15) is 26.7 Å². The molecule has 0 aromatic carbocycles. The summed E-state index contributed by atoms with van der Waals surface area (Å²) >= 11 is 0. The maximum absolute atomic E-state index is 11.0. The lowest BCUT2D eigenvalue weighted by Gasteiger charge is -2.06. The Morgan fingerprint density at radius 1 is 1.44 bits per heavy atom. The number of rotatable bonds is 8. The number of esters is 1. The summed E-state index contributed by atoms with van der Waals surface area (Å²) in [7, 11) is 0. The summed E-state index contributed by atoms with van der Waals surface area (Å²) in [6, 6.07) is 2.09. The lowest BCUT2D eigenvalue weighted by atomic mass is 10.2. The Bertz CT molecular complexity index is 268. The van der Waals surface area contributed by atoms with Gasteiger partial charge in [-0.25, -0.2) is 4.79 Å². The molecule has 1 atom stereocenters. The summed E-state index contributed by atoms with van der Waals surface area (Å²) in [6.07, 6.45) is 1.58. The fraction of sp³-hybridized carbons (Fsp3) is 0.667. The first-order chi connectivity index (χ1) is 7.57. The SMILES string of the molecule is C=C(C)C(=O)OCCCCOCC(C)C#N. The van der Waals surface area contributed by atoms with Gasteiger partial charge in [0.25, 0.3) is 0 Å². The molecule has 0 spiro atoms. The lowest BCUT2D eigenvalue weighted by Crippen LogP contribution is -2.08. The van der Waals surface area contributed by atoms with E-state index in [4.69, 9.17) is 14.7 Å². The van der Waals surface area contributed by atoms with Crippen LogP contribution in [-0.4, -0.2) is 25.8 Å². The van der Waals surface area contributed by atoms with Crippen LogP contribution in [0.2, 0.25) is 0 Å². The monoisotopic (exact) mass is 225 g/mol. The van der Waals surface area contributed by atoms with Crippen LogP contribution in [0.4, 0.5) is 0 Å². The number of carbonyl (C=O) groups is 1. The molecule has 0 aliphatic rings. The summed E-state index contributed by atoms with van der Waals surface area (Å²) in [4.78, 5) is 11.0. The zero-order valence-corrected chi connectivity index (χ0v) is 9.99. The standard InChI is InChI=1S/C12H19NO3/c1-10(2)12(14)16-7-5-4-6-15-9-11(3)8-13/h11H,1,4-7,9H2,2-3H3. The topological polar surface area (TPSA) is 59.3 Å². The highest BCUT2D eigenvalue weighted by atomic mass is 16.5.